The number of nitrogens with zero attached hydrogens (tertiary/aromatic N) is 3. The molecule has 0 aliphatic rings. The van der Waals surface area contributed by atoms with Crippen molar-refractivity contribution in [3.05, 3.63) is 65.7 Å². The molecule has 1 aromatic heterocycles. The Morgan fingerprint density at radius 3 is 2.67 bits per heavy atom. The molecule has 7 heteroatoms. The number of aliphatic carboxylic acids is 1. The highest BCUT2D eigenvalue weighted by atomic mass is 19.1. The van der Waals surface area contributed by atoms with Crippen LogP contribution in [-0.2, 0) is 11.3 Å². The summed E-state index contributed by atoms with van der Waals surface area (Å²) in [6.45, 7) is 3.59. The molecule has 6 nitrogen and oxygen atoms in total. The van der Waals surface area contributed by atoms with Gasteiger partial charge in [0.15, 0.2) is 0 Å². The second-order valence-electron chi connectivity index (χ2n) is 6.63. The quantitative estimate of drug-likeness (QED) is 0.722. The summed E-state index contributed by atoms with van der Waals surface area (Å²) < 4.78 is 15.4. The number of halogens is 1. The van der Waals surface area contributed by atoms with Crippen LogP contribution in [0.2, 0.25) is 0 Å². The molecule has 0 bridgehead atoms. The summed E-state index contributed by atoms with van der Waals surface area (Å²) in [5.74, 6) is -2.01. The molecule has 1 heterocycles. The van der Waals surface area contributed by atoms with Crippen molar-refractivity contribution in [1.82, 2.24) is 14.5 Å². The lowest BCUT2D eigenvalue weighted by atomic mass is 10.1. The number of rotatable bonds is 6. The maximum atomic E-state index is 13.4. The van der Waals surface area contributed by atoms with Crippen LogP contribution in [-0.4, -0.2) is 38.0 Å². The lowest BCUT2D eigenvalue weighted by Crippen LogP contribution is -2.35. The molecule has 1 amide bonds. The van der Waals surface area contributed by atoms with Gasteiger partial charge in [0.1, 0.15) is 12.4 Å². The molecule has 0 aliphatic heterocycles. The first kappa shape index (κ1) is 18.6. The first-order valence-electron chi connectivity index (χ1n) is 8.57. The van der Waals surface area contributed by atoms with E-state index >= 15 is 0 Å². The first-order chi connectivity index (χ1) is 12.8. The molecule has 0 fully saturated rings. The fourth-order valence-electron chi connectivity index (χ4n) is 2.98. The van der Waals surface area contributed by atoms with Crippen LogP contribution < -0.4 is 0 Å². The molecule has 0 spiro atoms. The fourth-order valence-corrected chi connectivity index (χ4v) is 2.98. The smallest absolute Gasteiger partial charge is 0.323 e. The van der Waals surface area contributed by atoms with Gasteiger partial charge in [-0.2, -0.15) is 0 Å². The van der Waals surface area contributed by atoms with Gasteiger partial charge in [-0.3, -0.25) is 9.59 Å². The van der Waals surface area contributed by atoms with Crippen LogP contribution in [0.25, 0.3) is 11.0 Å². The van der Waals surface area contributed by atoms with Gasteiger partial charge < -0.3 is 14.6 Å². The van der Waals surface area contributed by atoms with Crippen LogP contribution in [0.3, 0.4) is 0 Å². The van der Waals surface area contributed by atoms with Crippen LogP contribution in [0.5, 0.6) is 0 Å². The highest BCUT2D eigenvalue weighted by molar-refractivity contribution is 5.98. The maximum absolute atomic E-state index is 13.4. The van der Waals surface area contributed by atoms with Gasteiger partial charge in [0.05, 0.1) is 17.4 Å². The lowest BCUT2D eigenvalue weighted by Gasteiger charge is -2.21. The SMILES string of the molecule is CC(C)n1cnc2cc(C(=O)N(CC(=O)O)Cc3cccc(F)c3)ccc21. The van der Waals surface area contributed by atoms with E-state index in [1.165, 1.54) is 23.1 Å². The van der Waals surface area contributed by atoms with Gasteiger partial charge >= 0.3 is 5.97 Å². The Labute approximate surface area is 155 Å². The van der Waals surface area contributed by atoms with E-state index in [2.05, 4.69) is 4.98 Å². The third kappa shape index (κ3) is 4.13. The fraction of sp³-hybridized carbons (Fsp3) is 0.250. The van der Waals surface area contributed by atoms with Crippen LogP contribution in [0.15, 0.2) is 48.8 Å². The second kappa shape index (κ2) is 7.57. The Morgan fingerprint density at radius 2 is 2.00 bits per heavy atom. The molecule has 0 aliphatic carbocycles. The van der Waals surface area contributed by atoms with Crippen molar-refractivity contribution < 1.29 is 19.1 Å². The van der Waals surface area contributed by atoms with E-state index in [4.69, 9.17) is 5.11 Å². The monoisotopic (exact) mass is 369 g/mol. The van der Waals surface area contributed by atoms with E-state index < -0.39 is 24.2 Å². The second-order valence-corrected chi connectivity index (χ2v) is 6.63. The van der Waals surface area contributed by atoms with Crippen molar-refractivity contribution in [1.29, 1.82) is 0 Å². The Bertz CT molecular complexity index is 997. The van der Waals surface area contributed by atoms with E-state index in [-0.39, 0.29) is 12.6 Å². The highest BCUT2D eigenvalue weighted by Gasteiger charge is 2.20. The van der Waals surface area contributed by atoms with E-state index in [1.807, 2.05) is 18.4 Å². The molecular formula is C20H20FN3O3. The number of amides is 1. The number of fused-ring (bicyclic) bond motifs is 1. The molecule has 0 atom stereocenters. The number of carbonyl (C=O) groups is 2. The summed E-state index contributed by atoms with van der Waals surface area (Å²) in [4.78, 5) is 29.6. The minimum absolute atomic E-state index is 0.00135. The normalized spacial score (nSPS) is 11.1. The number of hydrogen-bond donors (Lipinski definition) is 1. The molecule has 2 aromatic carbocycles. The topological polar surface area (TPSA) is 75.4 Å². The van der Waals surface area contributed by atoms with Crippen LogP contribution in [0.1, 0.15) is 35.8 Å². The Balaban J connectivity index is 1.91. The number of imidazole rings is 1. The molecule has 0 saturated heterocycles. The van der Waals surface area contributed by atoms with Gasteiger partial charge in [-0.15, -0.1) is 0 Å². The number of carboxylic acids is 1. The number of aromatic nitrogens is 2. The van der Waals surface area contributed by atoms with Gasteiger partial charge in [-0.1, -0.05) is 12.1 Å². The van der Waals surface area contributed by atoms with Gasteiger partial charge in [-0.25, -0.2) is 9.37 Å². The highest BCUT2D eigenvalue weighted by Crippen LogP contribution is 2.20. The van der Waals surface area contributed by atoms with Crippen molar-refractivity contribution in [2.24, 2.45) is 0 Å². The molecule has 1 N–H and O–H groups in total. The summed E-state index contributed by atoms with van der Waals surface area (Å²) in [6, 6.07) is 11.1. The van der Waals surface area contributed by atoms with Crippen molar-refractivity contribution >= 4 is 22.9 Å². The zero-order valence-corrected chi connectivity index (χ0v) is 15.1. The van der Waals surface area contributed by atoms with E-state index in [0.29, 0.717) is 16.6 Å². The maximum Gasteiger partial charge on any atom is 0.323 e. The predicted molar refractivity (Wildman–Crippen MR) is 98.9 cm³/mol. The van der Waals surface area contributed by atoms with Crippen LogP contribution >= 0.6 is 0 Å². The van der Waals surface area contributed by atoms with Crippen LogP contribution in [0, 0.1) is 5.82 Å². The molecule has 0 radical (unpaired) electrons. The van der Waals surface area contributed by atoms with Crippen molar-refractivity contribution in [2.45, 2.75) is 26.4 Å². The van der Waals surface area contributed by atoms with Gasteiger partial charge in [-0.05, 0) is 49.7 Å². The number of carbonyl (C=O) groups excluding carboxylic acids is 1. The van der Waals surface area contributed by atoms with E-state index in [0.717, 1.165) is 5.52 Å². The molecular weight excluding hydrogens is 349 g/mol. The number of carboxylic acid groups (broad SMARTS) is 1. The summed E-state index contributed by atoms with van der Waals surface area (Å²) in [5.41, 5.74) is 2.43. The standard InChI is InChI=1S/C20H20FN3O3/c1-13(2)24-12-22-17-9-15(6-7-18(17)24)20(27)23(11-19(25)26)10-14-4-3-5-16(21)8-14/h3-9,12-13H,10-11H2,1-2H3,(H,25,26). The van der Waals surface area contributed by atoms with Crippen molar-refractivity contribution in [3.8, 4) is 0 Å². The Kier molecular flexibility index (Phi) is 5.21. The summed E-state index contributed by atoms with van der Waals surface area (Å²) in [6.07, 6.45) is 1.71. The van der Waals surface area contributed by atoms with Crippen molar-refractivity contribution in [2.75, 3.05) is 6.54 Å². The summed E-state index contributed by atoms with van der Waals surface area (Å²) >= 11 is 0. The molecule has 0 unspecified atom stereocenters. The Morgan fingerprint density at radius 1 is 1.22 bits per heavy atom. The average molecular weight is 369 g/mol. The number of hydrogen-bond acceptors (Lipinski definition) is 3. The summed E-state index contributed by atoms with van der Waals surface area (Å²) in [5, 5.41) is 9.16. The predicted octanol–water partition coefficient (Wildman–Crippen LogP) is 3.48. The number of benzene rings is 2. The third-order valence-corrected chi connectivity index (χ3v) is 4.25. The van der Waals surface area contributed by atoms with E-state index in [9.17, 15) is 14.0 Å². The minimum Gasteiger partial charge on any atom is -0.480 e. The van der Waals surface area contributed by atoms with Crippen molar-refractivity contribution in [3.63, 3.8) is 0 Å². The van der Waals surface area contributed by atoms with Gasteiger partial charge in [0.2, 0.25) is 0 Å². The largest absolute Gasteiger partial charge is 0.480 e. The van der Waals surface area contributed by atoms with Crippen LogP contribution in [0.4, 0.5) is 4.39 Å². The van der Waals surface area contributed by atoms with E-state index in [1.54, 1.807) is 30.6 Å². The lowest BCUT2D eigenvalue weighted by molar-refractivity contribution is -0.137. The zero-order chi connectivity index (χ0) is 19.6. The van der Waals surface area contributed by atoms with Gasteiger partial charge in [0, 0.05) is 18.2 Å². The first-order valence-corrected chi connectivity index (χ1v) is 8.57. The Hall–Kier alpha value is -3.22. The molecule has 0 saturated carbocycles. The summed E-state index contributed by atoms with van der Waals surface area (Å²) in [7, 11) is 0. The molecule has 3 rings (SSSR count). The molecule has 140 valence electrons. The third-order valence-electron chi connectivity index (χ3n) is 4.25. The zero-order valence-electron chi connectivity index (χ0n) is 15.1. The van der Waals surface area contributed by atoms with Gasteiger partial charge in [0.25, 0.3) is 5.91 Å². The average Bonchev–Trinajstić information content (AvgIpc) is 3.03. The molecule has 3 aromatic rings. The minimum atomic E-state index is -1.13. The molecule has 27 heavy (non-hydrogen) atoms.